The molecule has 200 valence electrons. The van der Waals surface area contributed by atoms with Crippen LogP contribution in [-0.4, -0.2) is 31.5 Å². The Morgan fingerprint density at radius 1 is 0.769 bits per heavy atom. The summed E-state index contributed by atoms with van der Waals surface area (Å²) in [5.41, 5.74) is 0.984. The van der Waals surface area contributed by atoms with E-state index in [4.69, 9.17) is 25.8 Å². The van der Waals surface area contributed by atoms with Crippen molar-refractivity contribution in [1.82, 2.24) is 0 Å². The molecule has 0 heterocycles. The zero-order valence-electron chi connectivity index (χ0n) is 21.2. The molecule has 0 saturated heterocycles. The zero-order chi connectivity index (χ0) is 27.6. The number of hydrogen-bond donors (Lipinski definition) is 2. The number of esters is 1. The molecule has 2 N–H and O–H groups in total. The largest absolute Gasteiger partial charge is 0.495 e. The van der Waals surface area contributed by atoms with Gasteiger partial charge in [-0.1, -0.05) is 41.9 Å². The van der Waals surface area contributed by atoms with Crippen molar-refractivity contribution in [1.29, 1.82) is 0 Å². The minimum atomic E-state index is -0.578. The van der Waals surface area contributed by atoms with Gasteiger partial charge in [0.25, 0.3) is 5.91 Å². The Hall–Kier alpha value is -4.56. The van der Waals surface area contributed by atoms with Gasteiger partial charge in [-0.05, 0) is 71.8 Å². The van der Waals surface area contributed by atoms with Gasteiger partial charge in [0.05, 0.1) is 12.8 Å². The lowest BCUT2D eigenvalue weighted by atomic mass is 10.1. The third-order valence-corrected chi connectivity index (χ3v) is 5.91. The Bertz CT molecular complexity index is 1470. The van der Waals surface area contributed by atoms with Gasteiger partial charge in [0.1, 0.15) is 17.2 Å². The molecule has 0 unspecified atom stereocenters. The SMILES string of the molecule is COc1ccc(Cl)cc1NC(=O)COC(=O)CCCC(=O)Nc1ccc(Oc2ccc3ccccc3c2)cc1. The molecule has 39 heavy (non-hydrogen) atoms. The molecule has 2 amide bonds. The van der Waals surface area contributed by atoms with E-state index in [9.17, 15) is 14.4 Å². The van der Waals surface area contributed by atoms with Crippen LogP contribution in [0.3, 0.4) is 0 Å². The molecular formula is C30H27ClN2O6. The van der Waals surface area contributed by atoms with Crippen LogP contribution in [0.2, 0.25) is 5.02 Å². The van der Waals surface area contributed by atoms with Gasteiger partial charge in [-0.15, -0.1) is 0 Å². The van der Waals surface area contributed by atoms with Crippen LogP contribution in [0.25, 0.3) is 10.8 Å². The number of carbonyl (C=O) groups is 3. The summed E-state index contributed by atoms with van der Waals surface area (Å²) < 4.78 is 16.1. The van der Waals surface area contributed by atoms with Crippen LogP contribution in [0, 0.1) is 0 Å². The van der Waals surface area contributed by atoms with Gasteiger partial charge in [-0.2, -0.15) is 0 Å². The standard InChI is InChI=1S/C30H27ClN2O6/c1-37-27-16-10-22(31)18-26(27)33-29(35)19-38-30(36)8-4-7-28(34)32-23-11-14-24(15-12-23)39-25-13-9-20-5-2-3-6-21(20)17-25/h2-3,5-6,9-18H,4,7-8,19H2,1H3,(H,32,34)(H,33,35). The van der Waals surface area contributed by atoms with Gasteiger partial charge in [0.15, 0.2) is 6.61 Å². The average molecular weight is 547 g/mol. The van der Waals surface area contributed by atoms with Crippen LogP contribution < -0.4 is 20.1 Å². The predicted molar refractivity (Wildman–Crippen MR) is 151 cm³/mol. The fourth-order valence-electron chi connectivity index (χ4n) is 3.77. The van der Waals surface area contributed by atoms with Gasteiger partial charge in [0.2, 0.25) is 5.91 Å². The van der Waals surface area contributed by atoms with E-state index in [0.717, 1.165) is 16.5 Å². The van der Waals surface area contributed by atoms with Crippen LogP contribution in [0.5, 0.6) is 17.2 Å². The lowest BCUT2D eigenvalue weighted by molar-refractivity contribution is -0.147. The van der Waals surface area contributed by atoms with Gasteiger partial charge in [-0.3, -0.25) is 14.4 Å². The molecule has 0 fully saturated rings. The fraction of sp³-hybridized carbons (Fsp3) is 0.167. The molecule has 8 nitrogen and oxygen atoms in total. The highest BCUT2D eigenvalue weighted by Gasteiger charge is 2.12. The van der Waals surface area contributed by atoms with Gasteiger partial charge >= 0.3 is 5.97 Å². The molecule has 0 aliphatic heterocycles. The topological polar surface area (TPSA) is 103 Å². The number of benzene rings is 4. The second kappa shape index (κ2) is 13.3. The minimum Gasteiger partial charge on any atom is -0.495 e. The van der Waals surface area contributed by atoms with Crippen molar-refractivity contribution in [2.24, 2.45) is 0 Å². The van der Waals surface area contributed by atoms with Crippen LogP contribution in [-0.2, 0) is 19.1 Å². The molecule has 0 spiro atoms. The van der Waals surface area contributed by atoms with Crippen molar-refractivity contribution < 1.29 is 28.6 Å². The lowest BCUT2D eigenvalue weighted by Crippen LogP contribution is -2.21. The van der Waals surface area contributed by atoms with Crippen LogP contribution >= 0.6 is 11.6 Å². The van der Waals surface area contributed by atoms with Gasteiger partial charge in [-0.25, -0.2) is 0 Å². The Kier molecular flexibility index (Phi) is 9.37. The molecule has 0 saturated carbocycles. The zero-order valence-corrected chi connectivity index (χ0v) is 22.0. The van der Waals surface area contributed by atoms with E-state index < -0.39 is 18.5 Å². The maximum atomic E-state index is 12.3. The number of ether oxygens (including phenoxy) is 3. The summed E-state index contributed by atoms with van der Waals surface area (Å²) in [6, 6.07) is 25.7. The number of nitrogens with one attached hydrogen (secondary N) is 2. The van der Waals surface area contributed by atoms with E-state index in [1.165, 1.54) is 13.2 Å². The van der Waals surface area contributed by atoms with Crippen molar-refractivity contribution >= 4 is 51.5 Å². The first-order valence-electron chi connectivity index (χ1n) is 12.3. The molecular weight excluding hydrogens is 520 g/mol. The molecule has 0 aromatic heterocycles. The van der Waals surface area contributed by atoms with E-state index in [1.54, 1.807) is 36.4 Å². The highest BCUT2D eigenvalue weighted by atomic mass is 35.5. The van der Waals surface area contributed by atoms with Crippen LogP contribution in [0.15, 0.2) is 84.9 Å². The van der Waals surface area contributed by atoms with E-state index in [0.29, 0.717) is 27.9 Å². The first kappa shape index (κ1) is 27.5. The number of rotatable bonds is 11. The van der Waals surface area contributed by atoms with Gasteiger partial charge < -0.3 is 24.8 Å². The first-order chi connectivity index (χ1) is 18.9. The number of methoxy groups -OCH3 is 1. The smallest absolute Gasteiger partial charge is 0.306 e. The Balaban J connectivity index is 1.15. The summed E-state index contributed by atoms with van der Waals surface area (Å²) in [5, 5.41) is 8.02. The molecule has 0 bridgehead atoms. The molecule has 4 aromatic carbocycles. The van der Waals surface area contributed by atoms with E-state index >= 15 is 0 Å². The monoisotopic (exact) mass is 546 g/mol. The summed E-state index contributed by atoms with van der Waals surface area (Å²) in [6.45, 7) is -0.464. The van der Waals surface area contributed by atoms with Crippen molar-refractivity contribution in [3.8, 4) is 17.2 Å². The van der Waals surface area contributed by atoms with E-state index in [1.807, 2.05) is 42.5 Å². The summed E-state index contributed by atoms with van der Waals surface area (Å²) in [6.07, 6.45) is 0.396. The second-order valence-electron chi connectivity index (χ2n) is 8.59. The summed E-state index contributed by atoms with van der Waals surface area (Å²) >= 11 is 5.94. The van der Waals surface area contributed by atoms with Crippen LogP contribution in [0.1, 0.15) is 19.3 Å². The van der Waals surface area contributed by atoms with Crippen molar-refractivity contribution in [3.63, 3.8) is 0 Å². The average Bonchev–Trinajstić information content (AvgIpc) is 2.93. The van der Waals surface area contributed by atoms with Crippen LogP contribution in [0.4, 0.5) is 11.4 Å². The molecule has 9 heteroatoms. The maximum absolute atomic E-state index is 12.3. The van der Waals surface area contributed by atoms with Gasteiger partial charge in [0, 0.05) is 23.6 Å². The molecule has 4 aromatic rings. The van der Waals surface area contributed by atoms with Crippen molar-refractivity contribution in [3.05, 3.63) is 90.0 Å². The molecule has 0 atom stereocenters. The van der Waals surface area contributed by atoms with E-state index in [-0.39, 0.29) is 25.2 Å². The third-order valence-electron chi connectivity index (χ3n) is 5.68. The normalized spacial score (nSPS) is 10.5. The highest BCUT2D eigenvalue weighted by Crippen LogP contribution is 2.28. The first-order valence-corrected chi connectivity index (χ1v) is 12.6. The number of anilines is 2. The van der Waals surface area contributed by atoms with E-state index in [2.05, 4.69) is 10.6 Å². The summed E-state index contributed by atoms with van der Waals surface area (Å²) in [5.74, 6) is 0.442. The highest BCUT2D eigenvalue weighted by molar-refractivity contribution is 6.31. The molecule has 4 rings (SSSR count). The second-order valence-corrected chi connectivity index (χ2v) is 9.03. The van der Waals surface area contributed by atoms with Crippen molar-refractivity contribution in [2.75, 3.05) is 24.4 Å². The Labute approximate surface area is 230 Å². The number of amides is 2. The number of carbonyl (C=O) groups excluding carboxylic acids is 3. The number of hydrogen-bond acceptors (Lipinski definition) is 6. The maximum Gasteiger partial charge on any atom is 0.306 e. The Morgan fingerprint density at radius 2 is 1.51 bits per heavy atom. The minimum absolute atomic E-state index is 0.000276. The Morgan fingerprint density at radius 3 is 2.28 bits per heavy atom. The molecule has 0 aliphatic carbocycles. The lowest BCUT2D eigenvalue weighted by Gasteiger charge is -2.11. The quantitative estimate of drug-likeness (QED) is 0.206. The summed E-state index contributed by atoms with van der Waals surface area (Å²) in [7, 11) is 1.46. The fourth-order valence-corrected chi connectivity index (χ4v) is 3.94. The predicted octanol–water partition coefficient (Wildman–Crippen LogP) is 6.58. The van der Waals surface area contributed by atoms with Crippen molar-refractivity contribution in [2.45, 2.75) is 19.3 Å². The third kappa shape index (κ3) is 8.21. The molecule has 0 radical (unpaired) electrons. The molecule has 0 aliphatic rings. The number of fused-ring (bicyclic) bond motifs is 1. The summed E-state index contributed by atoms with van der Waals surface area (Å²) in [4.78, 5) is 36.4. The number of halogens is 1.